The Balaban J connectivity index is 4.61. The molecule has 0 radical (unpaired) electrons. The molecule has 1 N–H and O–H groups in total. The zero-order valence-electron chi connectivity index (χ0n) is 8.73. The Morgan fingerprint density at radius 1 is 1.18 bits per heavy atom. The summed E-state index contributed by atoms with van der Waals surface area (Å²) in [5, 5.41) is 9.91. The van der Waals surface area contributed by atoms with Crippen LogP contribution in [-0.4, -0.2) is 10.7 Å². The SMILES string of the molecule is CCC(C)(C(C)C)C(C)(C)O. The van der Waals surface area contributed by atoms with Crippen LogP contribution in [0.2, 0.25) is 0 Å². The van der Waals surface area contributed by atoms with Gasteiger partial charge in [-0.1, -0.05) is 27.7 Å². The van der Waals surface area contributed by atoms with Crippen molar-refractivity contribution in [3.05, 3.63) is 0 Å². The van der Waals surface area contributed by atoms with Crippen molar-refractivity contribution < 1.29 is 5.11 Å². The van der Waals surface area contributed by atoms with Crippen molar-refractivity contribution in [1.82, 2.24) is 0 Å². The topological polar surface area (TPSA) is 20.2 Å². The minimum absolute atomic E-state index is 0.0347. The maximum absolute atomic E-state index is 9.91. The van der Waals surface area contributed by atoms with Gasteiger partial charge in [0.25, 0.3) is 0 Å². The van der Waals surface area contributed by atoms with Gasteiger partial charge < -0.3 is 5.11 Å². The van der Waals surface area contributed by atoms with Gasteiger partial charge in [-0.3, -0.25) is 0 Å². The van der Waals surface area contributed by atoms with Crippen LogP contribution in [0.3, 0.4) is 0 Å². The molecule has 0 aliphatic rings. The van der Waals surface area contributed by atoms with E-state index in [4.69, 9.17) is 0 Å². The van der Waals surface area contributed by atoms with Gasteiger partial charge in [-0.25, -0.2) is 0 Å². The standard InChI is InChI=1S/C10H22O/c1-7-10(6,8(2)3)9(4,5)11/h8,11H,7H2,1-6H3. The molecule has 0 aromatic heterocycles. The second-order valence-electron chi connectivity index (χ2n) is 4.48. The van der Waals surface area contributed by atoms with Gasteiger partial charge in [-0.15, -0.1) is 0 Å². The van der Waals surface area contributed by atoms with Crippen molar-refractivity contribution in [3.63, 3.8) is 0 Å². The van der Waals surface area contributed by atoms with Gasteiger partial charge in [-0.2, -0.15) is 0 Å². The van der Waals surface area contributed by atoms with Crippen LogP contribution in [0.15, 0.2) is 0 Å². The van der Waals surface area contributed by atoms with E-state index in [1.807, 2.05) is 13.8 Å². The van der Waals surface area contributed by atoms with Gasteiger partial charge in [0.2, 0.25) is 0 Å². The summed E-state index contributed by atoms with van der Waals surface area (Å²) < 4.78 is 0. The molecule has 1 unspecified atom stereocenters. The molecule has 0 rings (SSSR count). The monoisotopic (exact) mass is 158 g/mol. The van der Waals surface area contributed by atoms with Gasteiger partial charge in [0.15, 0.2) is 0 Å². The van der Waals surface area contributed by atoms with E-state index in [0.29, 0.717) is 5.92 Å². The van der Waals surface area contributed by atoms with Crippen LogP contribution in [0.4, 0.5) is 0 Å². The average Bonchev–Trinajstić information content (AvgIpc) is 1.83. The lowest BCUT2D eigenvalue weighted by molar-refractivity contribution is -0.0744. The van der Waals surface area contributed by atoms with Crippen molar-refractivity contribution in [1.29, 1.82) is 0 Å². The Kier molecular flexibility index (Phi) is 3.13. The van der Waals surface area contributed by atoms with Crippen molar-refractivity contribution in [2.24, 2.45) is 11.3 Å². The van der Waals surface area contributed by atoms with Crippen LogP contribution in [-0.2, 0) is 0 Å². The third-order valence-electron chi connectivity index (χ3n) is 3.41. The van der Waals surface area contributed by atoms with Crippen molar-refractivity contribution in [3.8, 4) is 0 Å². The minimum Gasteiger partial charge on any atom is -0.390 e. The fraction of sp³-hybridized carbons (Fsp3) is 1.00. The normalized spacial score (nSPS) is 18.5. The maximum Gasteiger partial charge on any atom is 0.0647 e. The van der Waals surface area contributed by atoms with Gasteiger partial charge in [-0.05, 0) is 31.6 Å². The summed E-state index contributed by atoms with van der Waals surface area (Å²) in [5.41, 5.74) is -0.539. The second-order valence-corrected chi connectivity index (χ2v) is 4.48. The van der Waals surface area contributed by atoms with Crippen LogP contribution in [0.5, 0.6) is 0 Å². The molecule has 1 atom stereocenters. The molecule has 0 amide bonds. The summed E-state index contributed by atoms with van der Waals surface area (Å²) in [4.78, 5) is 0. The van der Waals surface area contributed by atoms with Crippen LogP contribution in [0, 0.1) is 11.3 Å². The van der Waals surface area contributed by atoms with Crippen LogP contribution in [0.1, 0.15) is 48.0 Å². The molecule has 0 heterocycles. The molecule has 0 fully saturated rings. The molecule has 0 aliphatic carbocycles. The summed E-state index contributed by atoms with van der Waals surface area (Å²) in [7, 11) is 0. The highest BCUT2D eigenvalue weighted by atomic mass is 16.3. The third-order valence-corrected chi connectivity index (χ3v) is 3.41. The van der Waals surface area contributed by atoms with E-state index in [0.717, 1.165) is 6.42 Å². The first-order valence-electron chi connectivity index (χ1n) is 4.48. The zero-order valence-corrected chi connectivity index (χ0v) is 8.73. The fourth-order valence-electron chi connectivity index (χ4n) is 1.55. The molecule has 0 aliphatic heterocycles. The third kappa shape index (κ3) is 1.96. The number of hydrogen-bond acceptors (Lipinski definition) is 1. The molecule has 0 aromatic rings. The molecule has 0 spiro atoms. The highest BCUT2D eigenvalue weighted by molar-refractivity contribution is 4.90. The molecule has 0 saturated carbocycles. The molecule has 1 nitrogen and oxygen atoms in total. The molecule has 0 aromatic carbocycles. The minimum atomic E-state index is -0.573. The number of hydrogen-bond donors (Lipinski definition) is 1. The first-order valence-corrected chi connectivity index (χ1v) is 4.48. The molecule has 11 heavy (non-hydrogen) atoms. The summed E-state index contributed by atoms with van der Waals surface area (Å²) >= 11 is 0. The van der Waals surface area contributed by atoms with E-state index in [1.165, 1.54) is 0 Å². The van der Waals surface area contributed by atoms with Gasteiger partial charge in [0.1, 0.15) is 0 Å². The van der Waals surface area contributed by atoms with E-state index in [9.17, 15) is 5.11 Å². The van der Waals surface area contributed by atoms with Crippen LogP contribution < -0.4 is 0 Å². The summed E-state index contributed by atoms with van der Waals surface area (Å²) in [6.45, 7) is 12.4. The van der Waals surface area contributed by atoms with E-state index >= 15 is 0 Å². The predicted molar refractivity (Wildman–Crippen MR) is 49.5 cm³/mol. The van der Waals surface area contributed by atoms with Crippen molar-refractivity contribution in [2.45, 2.75) is 53.6 Å². The highest BCUT2D eigenvalue weighted by Gasteiger charge is 2.40. The van der Waals surface area contributed by atoms with E-state index < -0.39 is 5.60 Å². The summed E-state index contributed by atoms with van der Waals surface area (Å²) in [5.74, 6) is 0.521. The van der Waals surface area contributed by atoms with Gasteiger partial charge in [0.05, 0.1) is 5.60 Å². The average molecular weight is 158 g/mol. The Hall–Kier alpha value is -0.0400. The second kappa shape index (κ2) is 3.14. The van der Waals surface area contributed by atoms with Gasteiger partial charge in [0, 0.05) is 0 Å². The Morgan fingerprint density at radius 3 is 1.55 bits per heavy atom. The van der Waals surface area contributed by atoms with E-state index in [-0.39, 0.29) is 5.41 Å². The quantitative estimate of drug-likeness (QED) is 0.669. The first kappa shape index (κ1) is 11.0. The Bertz CT molecular complexity index is 121. The zero-order chi connectivity index (χ0) is 9.28. The highest BCUT2D eigenvalue weighted by Crippen LogP contribution is 2.40. The molecule has 0 saturated heterocycles. The predicted octanol–water partition coefficient (Wildman–Crippen LogP) is 2.83. The molecule has 1 heteroatoms. The van der Waals surface area contributed by atoms with Crippen molar-refractivity contribution >= 4 is 0 Å². The van der Waals surface area contributed by atoms with Gasteiger partial charge >= 0.3 is 0 Å². The maximum atomic E-state index is 9.91. The molecule has 0 bridgehead atoms. The van der Waals surface area contributed by atoms with Crippen molar-refractivity contribution in [2.75, 3.05) is 0 Å². The van der Waals surface area contributed by atoms with Crippen LogP contribution in [0.25, 0.3) is 0 Å². The van der Waals surface area contributed by atoms with E-state index in [2.05, 4.69) is 27.7 Å². The number of aliphatic hydroxyl groups is 1. The lowest BCUT2D eigenvalue weighted by Gasteiger charge is -2.43. The number of rotatable bonds is 3. The van der Waals surface area contributed by atoms with Crippen LogP contribution >= 0.6 is 0 Å². The van der Waals surface area contributed by atoms with E-state index in [1.54, 1.807) is 0 Å². The Morgan fingerprint density at radius 2 is 1.55 bits per heavy atom. The lowest BCUT2D eigenvalue weighted by atomic mass is 9.66. The Labute approximate surface area is 70.8 Å². The molecular formula is C10H22O. The summed E-state index contributed by atoms with van der Waals surface area (Å²) in [6.07, 6.45) is 1.02. The fourth-order valence-corrected chi connectivity index (χ4v) is 1.55. The first-order chi connectivity index (χ1) is 4.75. The smallest absolute Gasteiger partial charge is 0.0647 e. The molecule has 68 valence electrons. The lowest BCUT2D eigenvalue weighted by Crippen LogP contribution is -2.44. The molecular weight excluding hydrogens is 136 g/mol. The summed E-state index contributed by atoms with van der Waals surface area (Å²) in [6, 6.07) is 0. The largest absolute Gasteiger partial charge is 0.390 e.